The van der Waals surface area contributed by atoms with Gasteiger partial charge in [-0.15, -0.1) is 12.4 Å². The Labute approximate surface area is 97.5 Å². The Morgan fingerprint density at radius 3 is 3.00 bits per heavy atom. The fourth-order valence-corrected chi connectivity index (χ4v) is 1.61. The van der Waals surface area contributed by atoms with Crippen LogP contribution in [0.25, 0.3) is 0 Å². The Morgan fingerprint density at radius 2 is 2.40 bits per heavy atom. The quantitative estimate of drug-likeness (QED) is 0.686. The van der Waals surface area contributed by atoms with Gasteiger partial charge in [-0.05, 0) is 26.3 Å². The molecule has 0 saturated carbocycles. The second-order valence-electron chi connectivity index (χ2n) is 3.53. The molecule has 0 aromatic carbocycles. The molecule has 0 aliphatic carbocycles. The molecule has 1 atom stereocenters. The number of hydrogen-bond donors (Lipinski definition) is 2. The number of rotatable bonds is 5. The van der Waals surface area contributed by atoms with Gasteiger partial charge in [-0.25, -0.2) is 0 Å². The van der Waals surface area contributed by atoms with Crippen molar-refractivity contribution in [2.75, 3.05) is 32.8 Å². The van der Waals surface area contributed by atoms with Gasteiger partial charge in [0.05, 0.1) is 12.5 Å². The summed E-state index contributed by atoms with van der Waals surface area (Å²) >= 11 is 0. The maximum Gasteiger partial charge on any atom is 0.224 e. The van der Waals surface area contributed by atoms with E-state index in [0.29, 0.717) is 19.8 Å². The summed E-state index contributed by atoms with van der Waals surface area (Å²) in [5.41, 5.74) is 0. The van der Waals surface area contributed by atoms with E-state index >= 15 is 0 Å². The fourth-order valence-electron chi connectivity index (χ4n) is 1.61. The highest BCUT2D eigenvalue weighted by molar-refractivity contribution is 5.85. The van der Waals surface area contributed by atoms with Crippen LogP contribution in [0.4, 0.5) is 0 Å². The molecule has 4 nitrogen and oxygen atoms in total. The maximum atomic E-state index is 11.6. The lowest BCUT2D eigenvalue weighted by Crippen LogP contribution is -2.41. The molecule has 1 saturated heterocycles. The van der Waals surface area contributed by atoms with E-state index in [2.05, 4.69) is 10.6 Å². The summed E-state index contributed by atoms with van der Waals surface area (Å²) in [6.07, 6.45) is 2.11. The SMILES string of the molecule is CCOCCNC(=O)C1CCCNC1.Cl. The van der Waals surface area contributed by atoms with Gasteiger partial charge in [-0.1, -0.05) is 0 Å². The van der Waals surface area contributed by atoms with Crippen LogP contribution in [-0.2, 0) is 9.53 Å². The van der Waals surface area contributed by atoms with Crippen LogP contribution in [0.1, 0.15) is 19.8 Å². The second kappa shape index (κ2) is 8.95. The van der Waals surface area contributed by atoms with Crippen LogP contribution in [0.5, 0.6) is 0 Å². The number of amides is 1. The van der Waals surface area contributed by atoms with Crippen molar-refractivity contribution in [1.29, 1.82) is 0 Å². The number of halogens is 1. The zero-order chi connectivity index (χ0) is 10.2. The van der Waals surface area contributed by atoms with Gasteiger partial charge in [0.2, 0.25) is 5.91 Å². The van der Waals surface area contributed by atoms with Gasteiger partial charge in [-0.2, -0.15) is 0 Å². The Hall–Kier alpha value is -0.320. The molecule has 15 heavy (non-hydrogen) atoms. The number of ether oxygens (including phenoxy) is 1. The van der Waals surface area contributed by atoms with Crippen molar-refractivity contribution in [3.63, 3.8) is 0 Å². The minimum absolute atomic E-state index is 0. The highest BCUT2D eigenvalue weighted by Crippen LogP contribution is 2.09. The Morgan fingerprint density at radius 1 is 1.60 bits per heavy atom. The molecule has 2 N–H and O–H groups in total. The molecule has 1 rings (SSSR count). The standard InChI is InChI=1S/C10H20N2O2.ClH/c1-2-14-7-6-12-10(13)9-4-3-5-11-8-9;/h9,11H,2-8H2,1H3,(H,12,13);1H. The van der Waals surface area contributed by atoms with Crippen molar-refractivity contribution in [2.24, 2.45) is 5.92 Å². The van der Waals surface area contributed by atoms with Crippen molar-refractivity contribution in [2.45, 2.75) is 19.8 Å². The van der Waals surface area contributed by atoms with Crippen molar-refractivity contribution in [3.05, 3.63) is 0 Å². The summed E-state index contributed by atoms with van der Waals surface area (Å²) in [6, 6.07) is 0. The van der Waals surface area contributed by atoms with Crippen LogP contribution < -0.4 is 10.6 Å². The molecule has 1 aliphatic heterocycles. The van der Waals surface area contributed by atoms with Crippen LogP contribution >= 0.6 is 12.4 Å². The Kier molecular flexibility index (Phi) is 8.76. The van der Waals surface area contributed by atoms with Crippen molar-refractivity contribution in [3.8, 4) is 0 Å². The van der Waals surface area contributed by atoms with E-state index in [1.807, 2.05) is 6.92 Å². The van der Waals surface area contributed by atoms with Crippen LogP contribution in [0, 0.1) is 5.92 Å². The molecule has 0 radical (unpaired) electrons. The third-order valence-electron chi connectivity index (χ3n) is 2.42. The summed E-state index contributed by atoms with van der Waals surface area (Å²) in [6.45, 7) is 5.77. The smallest absolute Gasteiger partial charge is 0.224 e. The molecule has 1 unspecified atom stereocenters. The van der Waals surface area contributed by atoms with Crippen LogP contribution in [-0.4, -0.2) is 38.8 Å². The molecule has 90 valence electrons. The van der Waals surface area contributed by atoms with E-state index in [1.54, 1.807) is 0 Å². The number of piperidine rings is 1. The van der Waals surface area contributed by atoms with E-state index < -0.39 is 0 Å². The minimum Gasteiger partial charge on any atom is -0.380 e. The predicted molar refractivity (Wildman–Crippen MR) is 62.3 cm³/mol. The molecule has 1 aliphatic rings. The highest BCUT2D eigenvalue weighted by Gasteiger charge is 2.19. The van der Waals surface area contributed by atoms with E-state index in [1.165, 1.54) is 0 Å². The van der Waals surface area contributed by atoms with Crippen LogP contribution in [0.15, 0.2) is 0 Å². The Bertz CT molecular complexity index is 173. The third kappa shape index (κ3) is 5.97. The van der Waals surface area contributed by atoms with Gasteiger partial charge in [0.25, 0.3) is 0 Å². The molecule has 0 aromatic rings. The van der Waals surface area contributed by atoms with Gasteiger partial charge in [0.1, 0.15) is 0 Å². The first-order chi connectivity index (χ1) is 6.84. The normalized spacial score (nSPS) is 20.5. The third-order valence-corrected chi connectivity index (χ3v) is 2.42. The average Bonchev–Trinajstić information content (AvgIpc) is 2.25. The van der Waals surface area contributed by atoms with E-state index in [9.17, 15) is 4.79 Å². The number of nitrogens with one attached hydrogen (secondary N) is 2. The van der Waals surface area contributed by atoms with Gasteiger partial charge in [-0.3, -0.25) is 4.79 Å². The predicted octanol–water partition coefficient (Wildman–Crippen LogP) is 0.560. The topological polar surface area (TPSA) is 50.4 Å². The Balaban J connectivity index is 0.00000196. The van der Waals surface area contributed by atoms with Gasteiger partial charge in [0.15, 0.2) is 0 Å². The number of hydrogen-bond acceptors (Lipinski definition) is 3. The largest absolute Gasteiger partial charge is 0.380 e. The zero-order valence-electron chi connectivity index (χ0n) is 9.25. The van der Waals surface area contributed by atoms with Crippen LogP contribution in [0.3, 0.4) is 0 Å². The summed E-state index contributed by atoms with van der Waals surface area (Å²) in [7, 11) is 0. The fraction of sp³-hybridized carbons (Fsp3) is 0.900. The lowest BCUT2D eigenvalue weighted by molar-refractivity contribution is -0.125. The average molecular weight is 237 g/mol. The molecule has 1 amide bonds. The monoisotopic (exact) mass is 236 g/mol. The van der Waals surface area contributed by atoms with Gasteiger partial charge in [0, 0.05) is 19.7 Å². The van der Waals surface area contributed by atoms with Gasteiger partial charge < -0.3 is 15.4 Å². The summed E-state index contributed by atoms with van der Waals surface area (Å²) in [5.74, 6) is 0.322. The maximum absolute atomic E-state index is 11.6. The van der Waals surface area contributed by atoms with Crippen molar-refractivity contribution < 1.29 is 9.53 Å². The first-order valence-electron chi connectivity index (χ1n) is 5.40. The van der Waals surface area contributed by atoms with Crippen molar-refractivity contribution in [1.82, 2.24) is 10.6 Å². The first-order valence-corrected chi connectivity index (χ1v) is 5.40. The lowest BCUT2D eigenvalue weighted by atomic mass is 9.99. The van der Waals surface area contributed by atoms with Crippen molar-refractivity contribution >= 4 is 18.3 Å². The molecule has 1 fully saturated rings. The molecule has 0 spiro atoms. The molecular formula is C10H21ClN2O2. The summed E-state index contributed by atoms with van der Waals surface area (Å²) < 4.78 is 5.14. The molecule has 1 heterocycles. The highest BCUT2D eigenvalue weighted by atomic mass is 35.5. The van der Waals surface area contributed by atoms with E-state index in [4.69, 9.17) is 4.74 Å². The zero-order valence-corrected chi connectivity index (χ0v) is 10.1. The number of carbonyl (C=O) groups excluding carboxylic acids is 1. The molecule has 0 aromatic heterocycles. The summed E-state index contributed by atoms with van der Waals surface area (Å²) in [4.78, 5) is 11.6. The molecule has 0 bridgehead atoms. The second-order valence-corrected chi connectivity index (χ2v) is 3.53. The molecular weight excluding hydrogens is 216 g/mol. The van der Waals surface area contributed by atoms with Gasteiger partial charge >= 0.3 is 0 Å². The van der Waals surface area contributed by atoms with Crippen LogP contribution in [0.2, 0.25) is 0 Å². The number of carbonyl (C=O) groups is 1. The minimum atomic E-state index is 0. The first kappa shape index (κ1) is 14.7. The molecule has 5 heteroatoms. The summed E-state index contributed by atoms with van der Waals surface area (Å²) in [5, 5.41) is 6.11. The lowest BCUT2D eigenvalue weighted by Gasteiger charge is -2.21. The van der Waals surface area contributed by atoms with E-state index in [-0.39, 0.29) is 24.2 Å². The van der Waals surface area contributed by atoms with E-state index in [0.717, 1.165) is 25.9 Å².